The Balaban J connectivity index is 1.44. The fraction of sp³-hybridized carbons (Fsp3) is 0.0968. The third kappa shape index (κ3) is 3.16. The monoisotopic (exact) mass is 396 g/mol. The van der Waals surface area contributed by atoms with Crippen LogP contribution in [0.2, 0.25) is 0 Å². The summed E-state index contributed by atoms with van der Waals surface area (Å²) in [6.07, 6.45) is 12.5. The first-order chi connectivity index (χ1) is 15.4. The zero-order valence-corrected chi connectivity index (χ0v) is 17.5. The van der Waals surface area contributed by atoms with Crippen LogP contribution in [0.15, 0.2) is 97.1 Å². The second-order valence-electron chi connectivity index (χ2n) is 8.43. The highest BCUT2D eigenvalue weighted by molar-refractivity contribution is 6.10. The van der Waals surface area contributed by atoms with Gasteiger partial charge in [-0.25, -0.2) is 0 Å². The van der Waals surface area contributed by atoms with Gasteiger partial charge in [0, 0.05) is 0 Å². The molecule has 0 heteroatoms. The zero-order chi connectivity index (χ0) is 20.6. The molecule has 0 aliphatic heterocycles. The van der Waals surface area contributed by atoms with E-state index in [9.17, 15) is 0 Å². The van der Waals surface area contributed by atoms with Gasteiger partial charge >= 0.3 is 0 Å². The molecule has 6 rings (SSSR count). The van der Waals surface area contributed by atoms with E-state index in [0.29, 0.717) is 0 Å². The maximum Gasteiger partial charge on any atom is -0.00877 e. The molecule has 148 valence electrons. The highest BCUT2D eigenvalue weighted by atomic mass is 14.2. The van der Waals surface area contributed by atoms with Crippen LogP contribution in [0.3, 0.4) is 0 Å². The minimum atomic E-state index is 0.933. The van der Waals surface area contributed by atoms with Gasteiger partial charge in [-0.3, -0.25) is 0 Å². The third-order valence-electron chi connectivity index (χ3n) is 6.57. The SMILES string of the molecule is C1=Cc2cc(C/C=C/c3cc4ccccc4c4ccccc34)c3ccccc3c2CC1. The first-order valence-electron chi connectivity index (χ1n) is 11.2. The van der Waals surface area contributed by atoms with Crippen LogP contribution in [0.25, 0.3) is 44.5 Å². The van der Waals surface area contributed by atoms with E-state index >= 15 is 0 Å². The van der Waals surface area contributed by atoms with E-state index < -0.39 is 0 Å². The molecular formula is C31H24. The van der Waals surface area contributed by atoms with E-state index in [1.807, 2.05) is 0 Å². The van der Waals surface area contributed by atoms with Crippen molar-refractivity contribution in [3.05, 3.63) is 119 Å². The Morgan fingerprint density at radius 1 is 0.677 bits per heavy atom. The number of aryl methyl sites for hydroxylation is 1. The molecule has 0 unspecified atom stereocenters. The van der Waals surface area contributed by atoms with Gasteiger partial charge in [0.1, 0.15) is 0 Å². The first-order valence-corrected chi connectivity index (χ1v) is 11.2. The van der Waals surface area contributed by atoms with Crippen LogP contribution >= 0.6 is 0 Å². The number of allylic oxidation sites excluding steroid dienone is 2. The van der Waals surface area contributed by atoms with Crippen LogP contribution in [-0.4, -0.2) is 0 Å². The molecule has 0 aromatic heterocycles. The summed E-state index contributed by atoms with van der Waals surface area (Å²) in [5.74, 6) is 0. The molecule has 5 aromatic rings. The lowest BCUT2D eigenvalue weighted by atomic mass is 9.88. The smallest absolute Gasteiger partial charge is 0.00877 e. The fourth-order valence-corrected chi connectivity index (χ4v) is 5.10. The summed E-state index contributed by atoms with van der Waals surface area (Å²) in [7, 11) is 0. The van der Waals surface area contributed by atoms with E-state index in [1.165, 1.54) is 54.6 Å². The standard InChI is InChI=1S/C31H24/c1-3-14-26-22(10-1)20-24(28-16-5-7-18-30(26)28)12-9-13-25-21-23-11-2-4-15-27(23)31-19-8-6-17-29(25)31/h1-3,5-12,14,16-21H,4,13,15H2/b12-9+. The maximum atomic E-state index is 2.40. The Bertz CT molecular complexity index is 1500. The Morgan fingerprint density at radius 3 is 2.26 bits per heavy atom. The van der Waals surface area contributed by atoms with Crippen LogP contribution in [-0.2, 0) is 12.8 Å². The molecule has 31 heavy (non-hydrogen) atoms. The minimum absolute atomic E-state index is 0.933. The number of rotatable bonds is 3. The number of fused-ring (bicyclic) bond motifs is 6. The lowest BCUT2D eigenvalue weighted by Crippen LogP contribution is -1.98. The number of hydrogen-bond donors (Lipinski definition) is 0. The Kier molecular flexibility index (Phi) is 4.43. The van der Waals surface area contributed by atoms with Gasteiger partial charge in [-0.2, -0.15) is 0 Å². The van der Waals surface area contributed by atoms with Gasteiger partial charge in [0.2, 0.25) is 0 Å². The second kappa shape index (κ2) is 7.56. The van der Waals surface area contributed by atoms with Gasteiger partial charge in [0.25, 0.3) is 0 Å². The molecule has 0 fully saturated rings. The van der Waals surface area contributed by atoms with E-state index in [2.05, 4.69) is 109 Å². The van der Waals surface area contributed by atoms with Crippen LogP contribution in [0.4, 0.5) is 0 Å². The van der Waals surface area contributed by atoms with Crippen molar-refractivity contribution in [2.45, 2.75) is 19.3 Å². The first kappa shape index (κ1) is 18.2. The summed E-state index contributed by atoms with van der Waals surface area (Å²) >= 11 is 0. The minimum Gasteiger partial charge on any atom is -0.0836 e. The molecular weight excluding hydrogens is 372 g/mol. The Morgan fingerprint density at radius 2 is 1.39 bits per heavy atom. The average molecular weight is 397 g/mol. The largest absolute Gasteiger partial charge is 0.0836 e. The van der Waals surface area contributed by atoms with Crippen molar-refractivity contribution in [3.63, 3.8) is 0 Å². The van der Waals surface area contributed by atoms with Crippen molar-refractivity contribution < 1.29 is 0 Å². The van der Waals surface area contributed by atoms with Gasteiger partial charge in [-0.15, -0.1) is 0 Å². The molecule has 5 aromatic carbocycles. The normalized spacial score (nSPS) is 13.4. The van der Waals surface area contributed by atoms with E-state index in [-0.39, 0.29) is 0 Å². The molecule has 0 heterocycles. The molecule has 0 N–H and O–H groups in total. The van der Waals surface area contributed by atoms with E-state index in [4.69, 9.17) is 0 Å². The number of hydrogen-bond acceptors (Lipinski definition) is 0. The summed E-state index contributed by atoms with van der Waals surface area (Å²) in [5.41, 5.74) is 5.59. The van der Waals surface area contributed by atoms with Crippen molar-refractivity contribution in [1.82, 2.24) is 0 Å². The molecule has 1 aliphatic carbocycles. The van der Waals surface area contributed by atoms with Crippen molar-refractivity contribution in [1.29, 1.82) is 0 Å². The lowest BCUT2D eigenvalue weighted by molar-refractivity contribution is 0.995. The quantitative estimate of drug-likeness (QED) is 0.269. The van der Waals surface area contributed by atoms with Gasteiger partial charge in [-0.1, -0.05) is 103 Å². The predicted octanol–water partition coefficient (Wildman–Crippen LogP) is 8.36. The molecule has 0 saturated heterocycles. The van der Waals surface area contributed by atoms with Crippen molar-refractivity contribution in [2.24, 2.45) is 0 Å². The van der Waals surface area contributed by atoms with Crippen molar-refractivity contribution in [2.75, 3.05) is 0 Å². The van der Waals surface area contributed by atoms with Crippen LogP contribution < -0.4 is 0 Å². The molecule has 0 nitrogen and oxygen atoms in total. The van der Waals surface area contributed by atoms with Crippen molar-refractivity contribution in [3.8, 4) is 0 Å². The highest BCUT2D eigenvalue weighted by Crippen LogP contribution is 2.32. The molecule has 0 atom stereocenters. The van der Waals surface area contributed by atoms with Crippen LogP contribution in [0, 0.1) is 0 Å². The zero-order valence-electron chi connectivity index (χ0n) is 17.5. The third-order valence-corrected chi connectivity index (χ3v) is 6.57. The average Bonchev–Trinajstić information content (AvgIpc) is 2.84. The van der Waals surface area contributed by atoms with Gasteiger partial charge < -0.3 is 0 Å². The molecule has 0 spiro atoms. The Labute approximate surface area is 183 Å². The van der Waals surface area contributed by atoms with Gasteiger partial charge in [0.15, 0.2) is 0 Å². The fourth-order valence-electron chi connectivity index (χ4n) is 5.10. The molecule has 0 saturated carbocycles. The van der Waals surface area contributed by atoms with Crippen LogP contribution in [0.5, 0.6) is 0 Å². The number of benzene rings is 5. The summed E-state index contributed by atoms with van der Waals surface area (Å²) in [5, 5.41) is 8.07. The van der Waals surface area contributed by atoms with Gasteiger partial charge in [0.05, 0.1) is 0 Å². The molecule has 1 aliphatic rings. The Hall–Kier alpha value is -3.64. The molecule has 0 radical (unpaired) electrons. The van der Waals surface area contributed by atoms with Gasteiger partial charge in [-0.05, 0) is 79.9 Å². The molecule has 0 bridgehead atoms. The summed E-state index contributed by atoms with van der Waals surface area (Å²) < 4.78 is 0. The summed E-state index contributed by atoms with van der Waals surface area (Å²) in [4.78, 5) is 0. The summed E-state index contributed by atoms with van der Waals surface area (Å²) in [6.45, 7) is 0. The second-order valence-corrected chi connectivity index (χ2v) is 8.43. The van der Waals surface area contributed by atoms with E-state index in [1.54, 1.807) is 0 Å². The van der Waals surface area contributed by atoms with Crippen LogP contribution in [0.1, 0.15) is 28.7 Å². The predicted molar refractivity (Wildman–Crippen MR) is 135 cm³/mol. The van der Waals surface area contributed by atoms with Crippen molar-refractivity contribution >= 4 is 44.5 Å². The lowest BCUT2D eigenvalue weighted by Gasteiger charge is -2.16. The molecule has 0 amide bonds. The summed E-state index contributed by atoms with van der Waals surface area (Å²) in [6, 6.07) is 31.0. The van der Waals surface area contributed by atoms with E-state index in [0.717, 1.165) is 19.3 Å². The maximum absolute atomic E-state index is 2.40. The highest BCUT2D eigenvalue weighted by Gasteiger charge is 2.12. The topological polar surface area (TPSA) is 0 Å².